The Balaban J connectivity index is 2.10. The Morgan fingerprint density at radius 2 is 2.19 bits per heavy atom. The SMILES string of the molecule is CCOC1(C(N)C2=CCCO2)CCCCC1. The van der Waals surface area contributed by atoms with E-state index in [0.717, 1.165) is 38.2 Å². The van der Waals surface area contributed by atoms with Gasteiger partial charge < -0.3 is 15.2 Å². The van der Waals surface area contributed by atoms with Gasteiger partial charge in [0.05, 0.1) is 18.2 Å². The Bertz CT molecular complexity index is 251. The first-order valence-electron chi connectivity index (χ1n) is 6.51. The molecule has 3 heteroatoms. The maximum Gasteiger partial charge on any atom is 0.112 e. The van der Waals surface area contributed by atoms with Crippen molar-refractivity contribution in [3.05, 3.63) is 11.8 Å². The lowest BCUT2D eigenvalue weighted by Crippen LogP contribution is -2.52. The van der Waals surface area contributed by atoms with E-state index in [2.05, 4.69) is 6.08 Å². The fraction of sp³-hybridized carbons (Fsp3) is 0.846. The molecule has 2 aliphatic rings. The van der Waals surface area contributed by atoms with E-state index in [1.54, 1.807) is 0 Å². The summed E-state index contributed by atoms with van der Waals surface area (Å²) >= 11 is 0. The van der Waals surface area contributed by atoms with Crippen LogP contribution in [0.15, 0.2) is 11.8 Å². The van der Waals surface area contributed by atoms with Gasteiger partial charge in [-0.25, -0.2) is 0 Å². The molecule has 92 valence electrons. The second-order valence-electron chi connectivity index (χ2n) is 4.78. The van der Waals surface area contributed by atoms with Crippen LogP contribution in [-0.4, -0.2) is 24.9 Å². The predicted octanol–water partition coefficient (Wildman–Crippen LogP) is 2.36. The highest BCUT2D eigenvalue weighted by Crippen LogP contribution is 2.37. The van der Waals surface area contributed by atoms with Crippen molar-refractivity contribution in [3.63, 3.8) is 0 Å². The molecule has 1 heterocycles. The summed E-state index contributed by atoms with van der Waals surface area (Å²) in [5, 5.41) is 0. The van der Waals surface area contributed by atoms with E-state index in [-0.39, 0.29) is 11.6 Å². The Labute approximate surface area is 98.0 Å². The first-order valence-corrected chi connectivity index (χ1v) is 6.51. The molecule has 0 amide bonds. The fourth-order valence-corrected chi connectivity index (χ4v) is 2.90. The Morgan fingerprint density at radius 1 is 1.44 bits per heavy atom. The molecule has 0 radical (unpaired) electrons. The summed E-state index contributed by atoms with van der Waals surface area (Å²) in [6.07, 6.45) is 9.01. The van der Waals surface area contributed by atoms with Crippen molar-refractivity contribution in [1.82, 2.24) is 0 Å². The molecule has 0 bridgehead atoms. The molecule has 1 saturated carbocycles. The van der Waals surface area contributed by atoms with E-state index in [1.165, 1.54) is 19.3 Å². The Kier molecular flexibility index (Phi) is 3.87. The average Bonchev–Trinajstić information content (AvgIpc) is 2.83. The van der Waals surface area contributed by atoms with Gasteiger partial charge in [0.2, 0.25) is 0 Å². The maximum atomic E-state index is 6.36. The van der Waals surface area contributed by atoms with Gasteiger partial charge >= 0.3 is 0 Å². The zero-order chi connectivity index (χ0) is 11.4. The van der Waals surface area contributed by atoms with Crippen LogP contribution in [0.4, 0.5) is 0 Å². The smallest absolute Gasteiger partial charge is 0.112 e. The molecule has 0 spiro atoms. The summed E-state index contributed by atoms with van der Waals surface area (Å²) in [6, 6.07) is -0.0738. The highest BCUT2D eigenvalue weighted by molar-refractivity contribution is 5.14. The van der Waals surface area contributed by atoms with E-state index in [9.17, 15) is 0 Å². The summed E-state index contributed by atoms with van der Waals surface area (Å²) in [5.74, 6) is 0.954. The quantitative estimate of drug-likeness (QED) is 0.798. The minimum atomic E-state index is -0.164. The van der Waals surface area contributed by atoms with Gasteiger partial charge in [-0.15, -0.1) is 0 Å². The van der Waals surface area contributed by atoms with Crippen LogP contribution in [-0.2, 0) is 9.47 Å². The van der Waals surface area contributed by atoms with Gasteiger partial charge in [0.15, 0.2) is 0 Å². The molecule has 2 rings (SSSR count). The van der Waals surface area contributed by atoms with E-state index in [0.29, 0.717) is 0 Å². The number of hydrogen-bond acceptors (Lipinski definition) is 3. The minimum Gasteiger partial charge on any atom is -0.496 e. The number of hydrogen-bond donors (Lipinski definition) is 1. The van der Waals surface area contributed by atoms with Crippen molar-refractivity contribution in [3.8, 4) is 0 Å². The van der Waals surface area contributed by atoms with Crippen molar-refractivity contribution in [1.29, 1.82) is 0 Å². The van der Waals surface area contributed by atoms with Gasteiger partial charge in [-0.05, 0) is 25.8 Å². The number of ether oxygens (including phenoxy) is 2. The summed E-state index contributed by atoms with van der Waals surface area (Å²) < 4.78 is 11.6. The summed E-state index contributed by atoms with van der Waals surface area (Å²) in [4.78, 5) is 0. The fourth-order valence-electron chi connectivity index (χ4n) is 2.90. The third-order valence-electron chi connectivity index (χ3n) is 3.74. The molecular weight excluding hydrogens is 202 g/mol. The van der Waals surface area contributed by atoms with Crippen molar-refractivity contribution in [2.75, 3.05) is 13.2 Å². The molecule has 1 atom stereocenters. The van der Waals surface area contributed by atoms with Crippen LogP contribution in [0.2, 0.25) is 0 Å². The molecule has 0 saturated heterocycles. The summed E-state index contributed by atoms with van der Waals surface area (Å²) in [5.41, 5.74) is 6.19. The Hall–Kier alpha value is -0.540. The lowest BCUT2D eigenvalue weighted by molar-refractivity contribution is -0.0824. The molecular formula is C13H23NO2. The van der Waals surface area contributed by atoms with Crippen molar-refractivity contribution < 1.29 is 9.47 Å². The largest absolute Gasteiger partial charge is 0.496 e. The third-order valence-corrected chi connectivity index (χ3v) is 3.74. The van der Waals surface area contributed by atoms with Crippen molar-refractivity contribution in [2.24, 2.45) is 5.73 Å². The van der Waals surface area contributed by atoms with Crippen LogP contribution in [0.25, 0.3) is 0 Å². The normalized spacial score (nSPS) is 26.0. The zero-order valence-corrected chi connectivity index (χ0v) is 10.2. The van der Waals surface area contributed by atoms with E-state index >= 15 is 0 Å². The molecule has 1 aliphatic heterocycles. The second-order valence-corrected chi connectivity index (χ2v) is 4.78. The standard InChI is InChI=1S/C13H23NO2/c1-2-16-13(8-4-3-5-9-13)12(14)11-7-6-10-15-11/h7,12H,2-6,8-10,14H2,1H3. The van der Waals surface area contributed by atoms with Crippen LogP contribution >= 0.6 is 0 Å². The van der Waals surface area contributed by atoms with Crippen LogP contribution in [0.5, 0.6) is 0 Å². The van der Waals surface area contributed by atoms with Gasteiger partial charge in [0.25, 0.3) is 0 Å². The highest BCUT2D eigenvalue weighted by atomic mass is 16.5. The van der Waals surface area contributed by atoms with Gasteiger partial charge in [0, 0.05) is 13.0 Å². The molecule has 0 aromatic carbocycles. The minimum absolute atomic E-state index is 0.0738. The van der Waals surface area contributed by atoms with Gasteiger partial charge in [-0.1, -0.05) is 19.3 Å². The van der Waals surface area contributed by atoms with Crippen molar-refractivity contribution >= 4 is 0 Å². The van der Waals surface area contributed by atoms with Gasteiger partial charge in [-0.3, -0.25) is 0 Å². The lowest BCUT2D eigenvalue weighted by atomic mass is 9.78. The van der Waals surface area contributed by atoms with E-state index in [4.69, 9.17) is 15.2 Å². The first kappa shape index (κ1) is 11.9. The van der Waals surface area contributed by atoms with Crippen LogP contribution < -0.4 is 5.73 Å². The summed E-state index contributed by atoms with van der Waals surface area (Å²) in [6.45, 7) is 3.57. The second kappa shape index (κ2) is 5.19. The van der Waals surface area contributed by atoms with E-state index < -0.39 is 0 Å². The first-order chi connectivity index (χ1) is 7.78. The molecule has 1 fully saturated rings. The maximum absolute atomic E-state index is 6.36. The molecule has 16 heavy (non-hydrogen) atoms. The number of rotatable bonds is 4. The third kappa shape index (κ3) is 2.25. The molecule has 1 aliphatic carbocycles. The zero-order valence-electron chi connectivity index (χ0n) is 10.2. The highest BCUT2D eigenvalue weighted by Gasteiger charge is 2.41. The molecule has 0 aromatic heterocycles. The topological polar surface area (TPSA) is 44.5 Å². The Morgan fingerprint density at radius 3 is 2.75 bits per heavy atom. The lowest BCUT2D eigenvalue weighted by Gasteiger charge is -2.41. The van der Waals surface area contributed by atoms with Gasteiger partial charge in [0.1, 0.15) is 5.76 Å². The number of nitrogens with two attached hydrogens (primary N) is 1. The molecule has 1 unspecified atom stereocenters. The van der Waals surface area contributed by atoms with Crippen LogP contribution in [0.1, 0.15) is 45.4 Å². The average molecular weight is 225 g/mol. The molecule has 2 N–H and O–H groups in total. The predicted molar refractivity (Wildman–Crippen MR) is 64.1 cm³/mol. The molecule has 3 nitrogen and oxygen atoms in total. The summed E-state index contributed by atoms with van der Waals surface area (Å²) in [7, 11) is 0. The van der Waals surface area contributed by atoms with Crippen LogP contribution in [0, 0.1) is 0 Å². The van der Waals surface area contributed by atoms with E-state index in [1.807, 2.05) is 6.92 Å². The van der Waals surface area contributed by atoms with Crippen LogP contribution in [0.3, 0.4) is 0 Å². The monoisotopic (exact) mass is 225 g/mol. The van der Waals surface area contributed by atoms with Gasteiger partial charge in [-0.2, -0.15) is 0 Å². The van der Waals surface area contributed by atoms with Crippen molar-refractivity contribution in [2.45, 2.75) is 57.1 Å². The molecule has 0 aromatic rings.